The number of ether oxygens (including phenoxy) is 4. The molecule has 0 saturated heterocycles. The van der Waals surface area contributed by atoms with E-state index in [0.717, 1.165) is 59.8 Å². The Kier molecular flexibility index (Phi) is 22.7. The van der Waals surface area contributed by atoms with Crippen LogP contribution in [-0.2, 0) is 0 Å². The zero-order valence-corrected chi connectivity index (χ0v) is 42.6. The third kappa shape index (κ3) is 15.2. The number of thiophene rings is 2. The Hall–Kier alpha value is -3.74. The number of hydrogen-bond donors (Lipinski definition) is 0. The van der Waals surface area contributed by atoms with Crippen LogP contribution in [0.4, 0.5) is 0 Å². The molecular weight excluding hydrogens is 825 g/mol. The average Bonchev–Trinajstić information content (AvgIpc) is 4.08. The van der Waals surface area contributed by atoms with Crippen molar-refractivity contribution in [3.05, 3.63) is 83.6 Å². The van der Waals surface area contributed by atoms with Gasteiger partial charge in [-0.05, 0) is 131 Å². The lowest BCUT2D eigenvalue weighted by Gasteiger charge is -2.22. The van der Waals surface area contributed by atoms with Crippen molar-refractivity contribution in [1.29, 1.82) is 0 Å². The number of unbranched alkanes of at least 4 members (excludes halogenated alkanes) is 4. The monoisotopic (exact) mass is 907 g/mol. The van der Waals surface area contributed by atoms with Crippen molar-refractivity contribution < 1.29 is 18.9 Å². The molecule has 0 radical (unpaired) electrons. The van der Waals surface area contributed by atoms with Crippen LogP contribution in [0.1, 0.15) is 158 Å². The van der Waals surface area contributed by atoms with E-state index in [-0.39, 0.29) is 0 Å². The van der Waals surface area contributed by atoms with Crippen molar-refractivity contribution in [3.63, 3.8) is 0 Å². The van der Waals surface area contributed by atoms with Crippen LogP contribution in [0.3, 0.4) is 0 Å². The van der Waals surface area contributed by atoms with E-state index in [0.29, 0.717) is 50.1 Å². The van der Waals surface area contributed by atoms with Gasteiger partial charge >= 0.3 is 0 Å². The highest BCUT2D eigenvalue weighted by molar-refractivity contribution is 7.14. The van der Waals surface area contributed by atoms with Gasteiger partial charge in [0.1, 0.15) is 0 Å². The van der Waals surface area contributed by atoms with E-state index in [1.807, 2.05) is 0 Å². The Labute approximate surface area is 397 Å². The Morgan fingerprint density at radius 3 is 0.984 bits per heavy atom. The van der Waals surface area contributed by atoms with Crippen LogP contribution in [0.2, 0.25) is 0 Å². The first-order valence-corrected chi connectivity index (χ1v) is 27.2. The van der Waals surface area contributed by atoms with Crippen molar-refractivity contribution >= 4 is 22.7 Å². The minimum absolute atomic E-state index is 0.514. The quantitative estimate of drug-likeness (QED) is 0.0431. The molecule has 3 aromatic carbocycles. The predicted octanol–water partition coefficient (Wildman–Crippen LogP) is 18.9. The maximum Gasteiger partial charge on any atom is 0.161 e. The molecule has 64 heavy (non-hydrogen) atoms. The highest BCUT2D eigenvalue weighted by Crippen LogP contribution is 2.47. The maximum atomic E-state index is 6.83. The normalized spacial score (nSPS) is 13.4. The lowest BCUT2D eigenvalue weighted by Crippen LogP contribution is -2.14. The molecule has 0 aliphatic heterocycles. The van der Waals surface area contributed by atoms with Gasteiger partial charge in [-0.15, -0.1) is 22.7 Å². The molecule has 5 rings (SSSR count). The SMILES string of the molecule is CCCCC(CC)COc1ccc(-c2cc(-c3cccs3)c(-c3ccc(OCC(CC)CCCC)c(OCC(CC)CCCC)c3)cc2-c2cccs2)cc1OCC(CC)CCCC. The first kappa shape index (κ1) is 51.2. The average molecular weight is 907 g/mol. The Balaban J connectivity index is 1.62. The maximum absolute atomic E-state index is 6.83. The summed E-state index contributed by atoms with van der Waals surface area (Å²) in [5, 5.41) is 4.37. The Morgan fingerprint density at radius 2 is 0.703 bits per heavy atom. The molecule has 2 heterocycles. The van der Waals surface area contributed by atoms with Crippen LogP contribution in [0, 0.1) is 23.7 Å². The van der Waals surface area contributed by atoms with Gasteiger partial charge in [0.2, 0.25) is 0 Å². The van der Waals surface area contributed by atoms with E-state index in [1.165, 1.54) is 109 Å². The van der Waals surface area contributed by atoms with Crippen LogP contribution in [0.25, 0.3) is 43.1 Å². The van der Waals surface area contributed by atoms with Crippen LogP contribution >= 0.6 is 22.7 Å². The molecule has 5 aromatic rings. The Morgan fingerprint density at radius 1 is 0.375 bits per heavy atom. The second kappa shape index (κ2) is 28.3. The standard InChI is InChI=1S/C58H82O4S2/c1-9-17-23-43(13-5)39-59-53-31-29-47(35-55(53)61-41-45(15-7)25-19-11-3)49-37-52(58-28-22-34-64-58)50(38-51(49)57-27-21-33-63-57)48-30-32-54(60-40-44(14-6)24-18-10-2)56(36-48)62-42-46(16-8)26-20-12-4/h21-22,27-38,43-46H,9-20,23-26,39-42H2,1-8H3. The lowest BCUT2D eigenvalue weighted by atomic mass is 9.89. The largest absolute Gasteiger partial charge is 0.489 e. The molecule has 0 fully saturated rings. The summed E-state index contributed by atoms with van der Waals surface area (Å²) >= 11 is 3.58. The van der Waals surface area contributed by atoms with Gasteiger partial charge in [-0.3, -0.25) is 0 Å². The molecule has 4 atom stereocenters. The first-order valence-electron chi connectivity index (χ1n) is 25.4. The summed E-state index contributed by atoms with van der Waals surface area (Å²) in [4.78, 5) is 2.47. The molecule has 4 nitrogen and oxygen atoms in total. The van der Waals surface area contributed by atoms with Gasteiger partial charge in [-0.25, -0.2) is 0 Å². The topological polar surface area (TPSA) is 36.9 Å². The third-order valence-corrected chi connectivity index (χ3v) is 15.1. The minimum atomic E-state index is 0.514. The molecule has 0 saturated carbocycles. The fourth-order valence-electron chi connectivity index (χ4n) is 8.59. The van der Waals surface area contributed by atoms with Crippen molar-refractivity contribution in [1.82, 2.24) is 0 Å². The number of hydrogen-bond acceptors (Lipinski definition) is 6. The molecule has 0 N–H and O–H groups in total. The summed E-state index contributed by atoms with van der Waals surface area (Å²) in [6.07, 6.45) is 18.9. The molecule has 4 unspecified atom stereocenters. The predicted molar refractivity (Wildman–Crippen MR) is 279 cm³/mol. The fraction of sp³-hybridized carbons (Fsp3) is 0.552. The van der Waals surface area contributed by atoms with Crippen molar-refractivity contribution in [2.24, 2.45) is 23.7 Å². The van der Waals surface area contributed by atoms with Gasteiger partial charge in [-0.2, -0.15) is 0 Å². The van der Waals surface area contributed by atoms with Gasteiger partial charge < -0.3 is 18.9 Å². The highest BCUT2D eigenvalue weighted by Gasteiger charge is 2.22. The molecule has 0 aliphatic carbocycles. The lowest BCUT2D eigenvalue weighted by molar-refractivity contribution is 0.199. The third-order valence-electron chi connectivity index (χ3n) is 13.3. The number of rotatable bonds is 32. The van der Waals surface area contributed by atoms with E-state index in [9.17, 15) is 0 Å². The molecule has 0 bridgehead atoms. The van der Waals surface area contributed by atoms with Crippen molar-refractivity contribution in [3.8, 4) is 66.1 Å². The molecule has 0 spiro atoms. The van der Waals surface area contributed by atoms with E-state index < -0.39 is 0 Å². The van der Waals surface area contributed by atoms with E-state index in [1.54, 1.807) is 22.7 Å². The smallest absolute Gasteiger partial charge is 0.161 e. The van der Waals surface area contributed by atoms with Crippen LogP contribution in [0.15, 0.2) is 83.6 Å². The van der Waals surface area contributed by atoms with Crippen LogP contribution < -0.4 is 18.9 Å². The molecule has 0 aliphatic rings. The zero-order valence-electron chi connectivity index (χ0n) is 41.0. The summed E-state index contributed by atoms with van der Waals surface area (Å²) in [6.45, 7) is 21.1. The molecule has 6 heteroatoms. The summed E-state index contributed by atoms with van der Waals surface area (Å²) in [5.41, 5.74) is 7.06. The number of benzene rings is 3. The minimum Gasteiger partial charge on any atom is -0.489 e. The van der Waals surface area contributed by atoms with Crippen LogP contribution in [0.5, 0.6) is 23.0 Å². The van der Waals surface area contributed by atoms with Gasteiger partial charge in [0, 0.05) is 20.9 Å². The Bertz CT molecular complexity index is 1870. The van der Waals surface area contributed by atoms with Crippen molar-refractivity contribution in [2.45, 2.75) is 158 Å². The van der Waals surface area contributed by atoms with E-state index in [4.69, 9.17) is 18.9 Å². The van der Waals surface area contributed by atoms with E-state index >= 15 is 0 Å². The fourth-order valence-corrected chi connectivity index (χ4v) is 10.1. The van der Waals surface area contributed by atoms with Gasteiger partial charge in [0.25, 0.3) is 0 Å². The second-order valence-electron chi connectivity index (χ2n) is 18.1. The summed E-state index contributed by atoms with van der Waals surface area (Å²) in [6, 6.07) is 27.0. The zero-order chi connectivity index (χ0) is 45.5. The summed E-state index contributed by atoms with van der Waals surface area (Å²) < 4.78 is 27.0. The van der Waals surface area contributed by atoms with E-state index in [2.05, 4.69) is 139 Å². The van der Waals surface area contributed by atoms with Gasteiger partial charge in [0.15, 0.2) is 23.0 Å². The first-order chi connectivity index (χ1) is 31.4. The van der Waals surface area contributed by atoms with Gasteiger partial charge in [-0.1, -0.05) is 157 Å². The summed E-state index contributed by atoms with van der Waals surface area (Å²) in [7, 11) is 0. The van der Waals surface area contributed by atoms with Crippen molar-refractivity contribution in [2.75, 3.05) is 26.4 Å². The van der Waals surface area contributed by atoms with Crippen LogP contribution in [-0.4, -0.2) is 26.4 Å². The molecule has 2 aromatic heterocycles. The second-order valence-corrected chi connectivity index (χ2v) is 20.0. The summed E-state index contributed by atoms with van der Waals surface area (Å²) in [5.74, 6) is 5.49. The van der Waals surface area contributed by atoms with Gasteiger partial charge in [0.05, 0.1) is 26.4 Å². The molecule has 350 valence electrons. The molecular formula is C58H82O4S2. The molecule has 0 amide bonds. The highest BCUT2D eigenvalue weighted by atomic mass is 32.1.